The van der Waals surface area contributed by atoms with Gasteiger partial charge in [-0.25, -0.2) is 9.78 Å². The lowest BCUT2D eigenvalue weighted by atomic mass is 10.2. The van der Waals surface area contributed by atoms with Crippen LogP contribution in [0.2, 0.25) is 19.6 Å². The van der Waals surface area contributed by atoms with Gasteiger partial charge in [-0.05, 0) is 32.9 Å². The third kappa shape index (κ3) is 6.09. The summed E-state index contributed by atoms with van der Waals surface area (Å²) >= 11 is 0. The number of hydrogen-bond acceptors (Lipinski definition) is 4. The number of pyridine rings is 1. The van der Waals surface area contributed by atoms with Crippen molar-refractivity contribution in [2.75, 3.05) is 31.1 Å². The van der Waals surface area contributed by atoms with Crippen LogP contribution in [0.3, 0.4) is 0 Å². The third-order valence-corrected chi connectivity index (χ3v) is 4.46. The summed E-state index contributed by atoms with van der Waals surface area (Å²) in [5, 5.41) is 0. The lowest BCUT2D eigenvalue weighted by Gasteiger charge is -2.36. The van der Waals surface area contributed by atoms with Crippen molar-refractivity contribution in [3.8, 4) is 11.5 Å². The van der Waals surface area contributed by atoms with Gasteiger partial charge in [0.15, 0.2) is 0 Å². The predicted molar refractivity (Wildman–Crippen MR) is 104 cm³/mol. The number of carbonyl (C=O) groups excluding carboxylic acids is 1. The molecule has 0 aromatic carbocycles. The number of rotatable bonds is 1. The minimum atomic E-state index is -1.44. The zero-order valence-electron chi connectivity index (χ0n) is 16.2. The van der Waals surface area contributed by atoms with Crippen LogP contribution >= 0.6 is 0 Å². The standard InChI is InChI=1S/C19H29N3O2Si/c1-19(2,3)24-18(23)22-13-11-21(12-14-22)17-16(8-7-10-20-17)9-15-25(4,5)6/h7-8,10H,11-14H2,1-6H3. The van der Waals surface area contributed by atoms with E-state index >= 15 is 0 Å². The maximum Gasteiger partial charge on any atom is 0.410 e. The summed E-state index contributed by atoms with van der Waals surface area (Å²) < 4.78 is 5.45. The van der Waals surface area contributed by atoms with Crippen LogP contribution in [0.1, 0.15) is 26.3 Å². The van der Waals surface area contributed by atoms with Crippen molar-refractivity contribution in [2.45, 2.75) is 46.0 Å². The van der Waals surface area contributed by atoms with Crippen molar-refractivity contribution >= 4 is 20.0 Å². The van der Waals surface area contributed by atoms with Crippen LogP contribution in [-0.4, -0.2) is 55.8 Å². The molecule has 0 spiro atoms. The van der Waals surface area contributed by atoms with E-state index in [1.165, 1.54) is 0 Å². The normalized spacial score (nSPS) is 15.4. The van der Waals surface area contributed by atoms with Crippen molar-refractivity contribution in [3.63, 3.8) is 0 Å². The number of hydrogen-bond donors (Lipinski definition) is 0. The molecule has 1 aromatic rings. The van der Waals surface area contributed by atoms with E-state index in [1.54, 1.807) is 11.1 Å². The predicted octanol–water partition coefficient (Wildman–Crippen LogP) is 3.37. The fourth-order valence-corrected chi connectivity index (χ4v) is 2.94. The number of ether oxygens (including phenoxy) is 1. The first kappa shape index (κ1) is 19.3. The van der Waals surface area contributed by atoms with Gasteiger partial charge < -0.3 is 14.5 Å². The average Bonchev–Trinajstić information content (AvgIpc) is 2.51. The SMILES string of the molecule is CC(C)(C)OC(=O)N1CCN(c2ncccc2C#C[Si](C)(C)C)CC1. The first-order valence-electron chi connectivity index (χ1n) is 8.76. The van der Waals surface area contributed by atoms with E-state index in [4.69, 9.17) is 4.74 Å². The van der Waals surface area contributed by atoms with Gasteiger partial charge in [-0.2, -0.15) is 0 Å². The van der Waals surface area contributed by atoms with Crippen LogP contribution in [0.25, 0.3) is 0 Å². The number of aromatic nitrogens is 1. The molecule has 0 atom stereocenters. The molecule has 0 unspecified atom stereocenters. The van der Waals surface area contributed by atoms with E-state index in [0.717, 1.165) is 24.5 Å². The number of anilines is 1. The molecule has 1 amide bonds. The van der Waals surface area contributed by atoms with Gasteiger partial charge in [0.25, 0.3) is 0 Å². The third-order valence-electron chi connectivity index (χ3n) is 3.59. The van der Waals surface area contributed by atoms with Crippen LogP contribution in [0.4, 0.5) is 10.6 Å². The highest BCUT2D eigenvalue weighted by atomic mass is 28.3. The molecule has 0 aliphatic carbocycles. The van der Waals surface area contributed by atoms with E-state index in [2.05, 4.69) is 41.0 Å². The Morgan fingerprint density at radius 1 is 1.20 bits per heavy atom. The minimum Gasteiger partial charge on any atom is -0.444 e. The van der Waals surface area contributed by atoms with Gasteiger partial charge in [0, 0.05) is 32.4 Å². The zero-order chi connectivity index (χ0) is 18.7. The molecule has 0 bridgehead atoms. The summed E-state index contributed by atoms with van der Waals surface area (Å²) in [6, 6.07) is 3.95. The summed E-state index contributed by atoms with van der Waals surface area (Å²) in [4.78, 5) is 20.7. The Kier molecular flexibility index (Phi) is 5.78. The Hall–Kier alpha value is -2.00. The highest BCUT2D eigenvalue weighted by molar-refractivity contribution is 6.83. The molecular weight excluding hydrogens is 330 g/mol. The molecule has 0 N–H and O–H groups in total. The van der Waals surface area contributed by atoms with E-state index < -0.39 is 13.7 Å². The van der Waals surface area contributed by atoms with Crippen molar-refractivity contribution in [1.82, 2.24) is 9.88 Å². The topological polar surface area (TPSA) is 45.7 Å². The second kappa shape index (κ2) is 7.48. The van der Waals surface area contributed by atoms with Crippen molar-refractivity contribution < 1.29 is 9.53 Å². The summed E-state index contributed by atoms with van der Waals surface area (Å²) in [6.45, 7) is 15.1. The molecule has 1 aromatic heterocycles. The summed E-state index contributed by atoms with van der Waals surface area (Å²) in [7, 11) is -1.44. The van der Waals surface area contributed by atoms with Crippen LogP contribution in [-0.2, 0) is 4.74 Å². The minimum absolute atomic E-state index is 0.244. The summed E-state index contributed by atoms with van der Waals surface area (Å²) in [6.07, 6.45) is 1.56. The largest absolute Gasteiger partial charge is 0.444 e. The van der Waals surface area contributed by atoms with Gasteiger partial charge in [-0.3, -0.25) is 0 Å². The molecule has 1 aliphatic heterocycles. The Labute approximate surface area is 152 Å². The van der Waals surface area contributed by atoms with Crippen LogP contribution in [0.15, 0.2) is 18.3 Å². The summed E-state index contributed by atoms with van der Waals surface area (Å²) in [5.74, 6) is 4.23. The molecule has 0 saturated carbocycles. The highest BCUT2D eigenvalue weighted by Crippen LogP contribution is 2.19. The Bertz CT molecular complexity index is 672. The second-order valence-corrected chi connectivity index (χ2v) is 13.1. The van der Waals surface area contributed by atoms with Gasteiger partial charge in [0.2, 0.25) is 0 Å². The molecule has 136 valence electrons. The zero-order valence-corrected chi connectivity index (χ0v) is 17.2. The molecule has 1 fully saturated rings. The second-order valence-electron chi connectivity index (χ2n) is 8.33. The first-order valence-corrected chi connectivity index (χ1v) is 12.3. The number of amides is 1. The fraction of sp³-hybridized carbons (Fsp3) is 0.579. The number of carbonyl (C=O) groups is 1. The lowest BCUT2D eigenvalue weighted by molar-refractivity contribution is 0.0240. The van der Waals surface area contributed by atoms with E-state index in [-0.39, 0.29) is 6.09 Å². The van der Waals surface area contributed by atoms with E-state index in [1.807, 2.05) is 32.9 Å². The van der Waals surface area contributed by atoms with Gasteiger partial charge in [-0.15, -0.1) is 5.54 Å². The molecular formula is C19H29N3O2Si. The van der Waals surface area contributed by atoms with Gasteiger partial charge >= 0.3 is 6.09 Å². The monoisotopic (exact) mass is 359 g/mol. The molecule has 2 rings (SSSR count). The van der Waals surface area contributed by atoms with Crippen molar-refractivity contribution in [2.24, 2.45) is 0 Å². The van der Waals surface area contributed by atoms with Crippen molar-refractivity contribution in [3.05, 3.63) is 23.9 Å². The van der Waals surface area contributed by atoms with Crippen LogP contribution < -0.4 is 4.90 Å². The van der Waals surface area contributed by atoms with E-state index in [0.29, 0.717) is 13.1 Å². The lowest BCUT2D eigenvalue weighted by Crippen LogP contribution is -2.50. The number of nitrogens with zero attached hydrogens (tertiary/aromatic N) is 3. The quantitative estimate of drug-likeness (QED) is 0.570. The molecule has 1 aliphatic rings. The van der Waals surface area contributed by atoms with Gasteiger partial charge in [-0.1, -0.05) is 25.6 Å². The van der Waals surface area contributed by atoms with Gasteiger partial charge in [0.05, 0.1) is 5.56 Å². The molecule has 1 saturated heterocycles. The molecule has 25 heavy (non-hydrogen) atoms. The maximum absolute atomic E-state index is 12.2. The van der Waals surface area contributed by atoms with Crippen LogP contribution in [0, 0.1) is 11.5 Å². The first-order chi connectivity index (χ1) is 11.6. The molecule has 0 radical (unpaired) electrons. The smallest absolute Gasteiger partial charge is 0.410 e. The fourth-order valence-electron chi connectivity index (χ4n) is 2.43. The average molecular weight is 360 g/mol. The Balaban J connectivity index is 2.06. The van der Waals surface area contributed by atoms with Gasteiger partial charge in [0.1, 0.15) is 19.5 Å². The Morgan fingerprint density at radius 2 is 1.84 bits per heavy atom. The molecule has 5 nitrogen and oxygen atoms in total. The Morgan fingerprint density at radius 3 is 2.40 bits per heavy atom. The summed E-state index contributed by atoms with van der Waals surface area (Å²) in [5.41, 5.74) is 3.91. The number of piperazine rings is 1. The maximum atomic E-state index is 12.2. The highest BCUT2D eigenvalue weighted by Gasteiger charge is 2.26. The van der Waals surface area contributed by atoms with Crippen molar-refractivity contribution in [1.29, 1.82) is 0 Å². The molecule has 6 heteroatoms. The molecule has 2 heterocycles. The van der Waals surface area contributed by atoms with Crippen LogP contribution in [0.5, 0.6) is 0 Å². The van der Waals surface area contributed by atoms with E-state index in [9.17, 15) is 4.79 Å².